The number of amides is 2. The molecule has 0 spiro atoms. The molecule has 0 radical (unpaired) electrons. The fraction of sp³-hybridized carbons (Fsp3) is 0.417. The number of nitrogens with zero attached hydrogens (tertiary/aromatic N) is 1. The predicted molar refractivity (Wildman–Crippen MR) is 119 cm³/mol. The van der Waals surface area contributed by atoms with Crippen LogP contribution in [-0.4, -0.2) is 35.4 Å². The molecule has 0 heterocycles. The number of carbonyl (C=O) groups excluding carboxylic acids is 2. The molecule has 0 aromatic heterocycles. The van der Waals surface area contributed by atoms with Crippen LogP contribution in [0.5, 0.6) is 5.75 Å². The summed E-state index contributed by atoms with van der Waals surface area (Å²) >= 11 is 5.99. The summed E-state index contributed by atoms with van der Waals surface area (Å²) in [7, 11) is 0. The smallest absolute Gasteiger partial charge is 0.261 e. The molecule has 1 N–H and O–H groups in total. The van der Waals surface area contributed by atoms with Gasteiger partial charge in [-0.2, -0.15) is 0 Å². The first-order chi connectivity index (χ1) is 14.4. The zero-order valence-corrected chi connectivity index (χ0v) is 18.3. The maximum atomic E-state index is 13.1. The van der Waals surface area contributed by atoms with Gasteiger partial charge in [0.15, 0.2) is 6.61 Å². The van der Waals surface area contributed by atoms with E-state index in [4.69, 9.17) is 16.3 Å². The molecule has 1 aliphatic rings. The van der Waals surface area contributed by atoms with Gasteiger partial charge in [-0.3, -0.25) is 9.59 Å². The fourth-order valence-electron chi connectivity index (χ4n) is 3.73. The minimum atomic E-state index is -0.597. The van der Waals surface area contributed by atoms with Crippen molar-refractivity contribution in [2.24, 2.45) is 0 Å². The largest absolute Gasteiger partial charge is 0.484 e. The molecule has 2 aromatic rings. The van der Waals surface area contributed by atoms with Crippen molar-refractivity contribution in [2.45, 2.75) is 58.2 Å². The molecule has 3 rings (SSSR count). The molecular formula is C24H29ClN2O3. The summed E-state index contributed by atoms with van der Waals surface area (Å²) in [4.78, 5) is 27.6. The molecule has 1 fully saturated rings. The van der Waals surface area contributed by atoms with Crippen LogP contribution in [-0.2, 0) is 16.1 Å². The first kappa shape index (κ1) is 22.2. The Hall–Kier alpha value is -2.53. The molecule has 0 saturated heterocycles. The van der Waals surface area contributed by atoms with Crippen molar-refractivity contribution in [1.29, 1.82) is 0 Å². The van der Waals surface area contributed by atoms with Crippen LogP contribution in [0.1, 0.15) is 43.7 Å². The van der Waals surface area contributed by atoms with Crippen molar-refractivity contribution in [3.8, 4) is 5.75 Å². The standard InChI is InChI=1S/C24H29ClN2O3/c1-17-8-3-4-9-19(17)15-27(18(2)24(29)26-21-11-5-6-12-21)23(28)16-30-22-13-7-10-20(25)14-22/h3-4,7-10,13-14,18,21H,5-6,11-12,15-16H2,1-2H3,(H,26,29)/t18-/m1/s1. The number of carbonyl (C=O) groups is 2. The predicted octanol–water partition coefficient (Wildman–Crippen LogP) is 4.50. The van der Waals surface area contributed by atoms with Crippen LogP contribution in [0.3, 0.4) is 0 Å². The fourth-order valence-corrected chi connectivity index (χ4v) is 3.91. The molecule has 2 amide bonds. The summed E-state index contributed by atoms with van der Waals surface area (Å²) in [6, 6.07) is 14.4. The van der Waals surface area contributed by atoms with Crippen LogP contribution < -0.4 is 10.1 Å². The number of ether oxygens (including phenoxy) is 1. The number of rotatable bonds is 8. The Kier molecular flexibility index (Phi) is 7.75. The van der Waals surface area contributed by atoms with Gasteiger partial charge in [-0.1, -0.05) is 54.8 Å². The molecule has 6 heteroatoms. The van der Waals surface area contributed by atoms with Crippen LogP contribution in [0.2, 0.25) is 5.02 Å². The monoisotopic (exact) mass is 428 g/mol. The molecule has 0 unspecified atom stereocenters. The minimum absolute atomic E-state index is 0.119. The summed E-state index contributed by atoms with van der Waals surface area (Å²) < 4.78 is 5.65. The van der Waals surface area contributed by atoms with Gasteiger partial charge in [0.25, 0.3) is 5.91 Å². The molecule has 0 aliphatic heterocycles. The number of aryl methyl sites for hydroxylation is 1. The van der Waals surface area contributed by atoms with Crippen molar-refractivity contribution < 1.29 is 14.3 Å². The van der Waals surface area contributed by atoms with Gasteiger partial charge in [-0.05, 0) is 56.0 Å². The zero-order chi connectivity index (χ0) is 21.5. The lowest BCUT2D eigenvalue weighted by Gasteiger charge is -2.30. The van der Waals surface area contributed by atoms with Crippen LogP contribution in [0.15, 0.2) is 48.5 Å². The maximum absolute atomic E-state index is 13.1. The number of halogens is 1. The van der Waals surface area contributed by atoms with Gasteiger partial charge in [0, 0.05) is 17.6 Å². The average molecular weight is 429 g/mol. The van der Waals surface area contributed by atoms with Crippen LogP contribution in [0.25, 0.3) is 0 Å². The third-order valence-corrected chi connectivity index (χ3v) is 5.86. The summed E-state index contributed by atoms with van der Waals surface area (Å²) in [6.45, 7) is 3.97. The Labute approximate surface area is 183 Å². The van der Waals surface area contributed by atoms with E-state index in [1.165, 1.54) is 0 Å². The number of benzene rings is 2. The average Bonchev–Trinajstić information content (AvgIpc) is 3.24. The summed E-state index contributed by atoms with van der Waals surface area (Å²) in [5, 5.41) is 3.65. The second kappa shape index (κ2) is 10.5. The van der Waals surface area contributed by atoms with E-state index >= 15 is 0 Å². The van der Waals surface area contributed by atoms with Gasteiger partial charge in [-0.15, -0.1) is 0 Å². The lowest BCUT2D eigenvalue weighted by Crippen LogP contribution is -2.50. The van der Waals surface area contributed by atoms with E-state index in [1.54, 1.807) is 36.1 Å². The summed E-state index contributed by atoms with van der Waals surface area (Å²) in [5.41, 5.74) is 2.09. The highest BCUT2D eigenvalue weighted by molar-refractivity contribution is 6.30. The maximum Gasteiger partial charge on any atom is 0.261 e. The van der Waals surface area contributed by atoms with E-state index in [-0.39, 0.29) is 24.5 Å². The van der Waals surface area contributed by atoms with E-state index in [9.17, 15) is 9.59 Å². The molecule has 30 heavy (non-hydrogen) atoms. The molecule has 160 valence electrons. The summed E-state index contributed by atoms with van der Waals surface area (Å²) in [5.74, 6) is 0.161. The van der Waals surface area contributed by atoms with E-state index in [0.29, 0.717) is 17.3 Å². The SMILES string of the molecule is Cc1ccccc1CN(C(=O)COc1cccc(Cl)c1)[C@H](C)C(=O)NC1CCCC1. The highest BCUT2D eigenvalue weighted by atomic mass is 35.5. The highest BCUT2D eigenvalue weighted by Gasteiger charge is 2.29. The summed E-state index contributed by atoms with van der Waals surface area (Å²) in [6.07, 6.45) is 4.28. The highest BCUT2D eigenvalue weighted by Crippen LogP contribution is 2.20. The number of hydrogen-bond donors (Lipinski definition) is 1. The second-order valence-electron chi connectivity index (χ2n) is 7.86. The van der Waals surface area contributed by atoms with Gasteiger partial charge >= 0.3 is 0 Å². The topological polar surface area (TPSA) is 58.6 Å². The van der Waals surface area contributed by atoms with Gasteiger partial charge in [-0.25, -0.2) is 0 Å². The zero-order valence-electron chi connectivity index (χ0n) is 17.6. The van der Waals surface area contributed by atoms with E-state index in [2.05, 4.69) is 5.32 Å². The Morgan fingerprint density at radius 1 is 1.17 bits per heavy atom. The molecule has 1 saturated carbocycles. The van der Waals surface area contributed by atoms with Crippen molar-refractivity contribution in [3.63, 3.8) is 0 Å². The third-order valence-electron chi connectivity index (χ3n) is 5.63. The Bertz CT molecular complexity index is 880. The first-order valence-electron chi connectivity index (χ1n) is 10.5. The molecular weight excluding hydrogens is 400 g/mol. The van der Waals surface area contributed by atoms with Crippen molar-refractivity contribution in [2.75, 3.05) is 6.61 Å². The van der Waals surface area contributed by atoms with Gasteiger partial charge < -0.3 is 15.0 Å². The first-order valence-corrected chi connectivity index (χ1v) is 10.8. The molecule has 1 aliphatic carbocycles. The van der Waals surface area contributed by atoms with Crippen LogP contribution in [0, 0.1) is 6.92 Å². The lowest BCUT2D eigenvalue weighted by atomic mass is 10.1. The van der Waals surface area contributed by atoms with E-state index < -0.39 is 6.04 Å². The Morgan fingerprint density at radius 2 is 1.90 bits per heavy atom. The Balaban J connectivity index is 1.72. The van der Waals surface area contributed by atoms with Crippen molar-refractivity contribution in [3.05, 3.63) is 64.7 Å². The van der Waals surface area contributed by atoms with E-state index in [0.717, 1.165) is 36.8 Å². The molecule has 5 nitrogen and oxygen atoms in total. The number of nitrogens with one attached hydrogen (secondary N) is 1. The normalized spacial score (nSPS) is 14.9. The van der Waals surface area contributed by atoms with Gasteiger partial charge in [0.1, 0.15) is 11.8 Å². The van der Waals surface area contributed by atoms with Gasteiger partial charge in [0.2, 0.25) is 5.91 Å². The molecule has 2 aromatic carbocycles. The molecule has 1 atom stereocenters. The lowest BCUT2D eigenvalue weighted by molar-refractivity contribution is -0.142. The van der Waals surface area contributed by atoms with Crippen molar-refractivity contribution >= 4 is 23.4 Å². The second-order valence-corrected chi connectivity index (χ2v) is 8.30. The van der Waals surface area contributed by atoms with E-state index in [1.807, 2.05) is 31.2 Å². The molecule has 0 bridgehead atoms. The number of hydrogen-bond acceptors (Lipinski definition) is 3. The van der Waals surface area contributed by atoms with Crippen LogP contribution >= 0.6 is 11.6 Å². The minimum Gasteiger partial charge on any atom is -0.484 e. The van der Waals surface area contributed by atoms with Gasteiger partial charge in [0.05, 0.1) is 0 Å². The quantitative estimate of drug-likeness (QED) is 0.673. The van der Waals surface area contributed by atoms with Crippen LogP contribution in [0.4, 0.5) is 0 Å². The van der Waals surface area contributed by atoms with Crippen molar-refractivity contribution in [1.82, 2.24) is 10.2 Å². The third kappa shape index (κ3) is 5.99. The Morgan fingerprint density at radius 3 is 2.60 bits per heavy atom.